The second-order valence-electron chi connectivity index (χ2n) is 7.29. The molecule has 2 aromatic heterocycles. The van der Waals surface area contributed by atoms with Gasteiger partial charge in [0.2, 0.25) is 6.79 Å². The molecule has 0 atom stereocenters. The number of nitrogens with zero attached hydrogens (tertiary/aromatic N) is 1. The summed E-state index contributed by atoms with van der Waals surface area (Å²) >= 11 is 11.8. The first-order chi connectivity index (χ1) is 15.5. The standard InChI is InChI=1S/C23H18ClN3O4S/c24-16-3-1-4-17(9-16)25-23(32)27(12-18-5-2-6-29-18)11-15-7-14-8-20-21(31-13-30-20)10-19(14)26-22(15)28/h1-10H,11-13H2,(H,25,32)(H,26,28). The van der Waals surface area contributed by atoms with E-state index in [1.54, 1.807) is 24.5 Å². The van der Waals surface area contributed by atoms with Crippen molar-refractivity contribution < 1.29 is 13.9 Å². The van der Waals surface area contributed by atoms with Crippen molar-refractivity contribution in [2.24, 2.45) is 0 Å². The molecule has 0 aliphatic carbocycles. The molecule has 0 radical (unpaired) electrons. The maximum Gasteiger partial charge on any atom is 0.253 e. The minimum Gasteiger partial charge on any atom is -0.467 e. The fraction of sp³-hybridized carbons (Fsp3) is 0.130. The predicted octanol–water partition coefficient (Wildman–Crippen LogP) is 4.90. The Bertz CT molecular complexity index is 1350. The number of H-pyrrole nitrogens is 1. The number of benzene rings is 2. The molecule has 0 saturated carbocycles. The van der Waals surface area contributed by atoms with E-state index in [1.807, 2.05) is 41.3 Å². The van der Waals surface area contributed by atoms with Crippen molar-refractivity contribution in [3.05, 3.63) is 87.6 Å². The lowest BCUT2D eigenvalue weighted by Crippen LogP contribution is -2.35. The molecule has 0 bridgehead atoms. The second-order valence-corrected chi connectivity index (χ2v) is 8.12. The Morgan fingerprint density at radius 1 is 1.09 bits per heavy atom. The Morgan fingerprint density at radius 3 is 2.72 bits per heavy atom. The molecular weight excluding hydrogens is 450 g/mol. The number of thiocarbonyl (C=S) groups is 1. The molecule has 7 nitrogen and oxygen atoms in total. The number of nitrogens with one attached hydrogen (secondary N) is 2. The van der Waals surface area contributed by atoms with E-state index in [0.29, 0.717) is 39.3 Å². The quantitative estimate of drug-likeness (QED) is 0.404. The molecule has 1 aliphatic rings. The van der Waals surface area contributed by atoms with Gasteiger partial charge in [0.05, 0.1) is 24.9 Å². The predicted molar refractivity (Wildman–Crippen MR) is 126 cm³/mol. The minimum atomic E-state index is -0.202. The molecule has 4 aromatic rings. The number of furan rings is 1. The monoisotopic (exact) mass is 467 g/mol. The average molecular weight is 468 g/mol. The van der Waals surface area contributed by atoms with Gasteiger partial charge in [-0.05, 0) is 54.7 Å². The van der Waals surface area contributed by atoms with Gasteiger partial charge >= 0.3 is 0 Å². The number of hydrogen-bond donors (Lipinski definition) is 2. The lowest BCUT2D eigenvalue weighted by molar-refractivity contribution is 0.174. The van der Waals surface area contributed by atoms with Crippen LogP contribution in [0.5, 0.6) is 11.5 Å². The summed E-state index contributed by atoms with van der Waals surface area (Å²) in [7, 11) is 0. The summed E-state index contributed by atoms with van der Waals surface area (Å²) < 4.78 is 16.4. The zero-order valence-electron chi connectivity index (χ0n) is 16.8. The Balaban J connectivity index is 1.45. The van der Waals surface area contributed by atoms with Crippen LogP contribution in [0.2, 0.25) is 5.02 Å². The molecule has 5 rings (SSSR count). The van der Waals surface area contributed by atoms with E-state index in [0.717, 1.165) is 16.8 Å². The fourth-order valence-corrected chi connectivity index (χ4v) is 3.96. The average Bonchev–Trinajstić information content (AvgIpc) is 3.44. The number of rotatable bonds is 5. The normalized spacial score (nSPS) is 12.2. The van der Waals surface area contributed by atoms with E-state index in [9.17, 15) is 4.79 Å². The summed E-state index contributed by atoms with van der Waals surface area (Å²) in [5.74, 6) is 1.99. The summed E-state index contributed by atoms with van der Waals surface area (Å²) in [5, 5.41) is 5.07. The van der Waals surface area contributed by atoms with Gasteiger partial charge in [-0.25, -0.2) is 0 Å². The van der Waals surface area contributed by atoms with Gasteiger partial charge in [-0.1, -0.05) is 17.7 Å². The lowest BCUT2D eigenvalue weighted by atomic mass is 10.1. The van der Waals surface area contributed by atoms with Gasteiger partial charge in [-0.15, -0.1) is 0 Å². The van der Waals surface area contributed by atoms with Crippen LogP contribution >= 0.6 is 23.8 Å². The van der Waals surface area contributed by atoms with Crippen LogP contribution in [-0.4, -0.2) is 21.8 Å². The highest BCUT2D eigenvalue weighted by atomic mass is 35.5. The van der Waals surface area contributed by atoms with Crippen molar-refractivity contribution in [3.8, 4) is 11.5 Å². The number of aromatic nitrogens is 1. The number of hydrogen-bond acceptors (Lipinski definition) is 5. The highest BCUT2D eigenvalue weighted by molar-refractivity contribution is 7.80. The molecule has 1 aliphatic heterocycles. The molecule has 3 heterocycles. The Morgan fingerprint density at radius 2 is 1.94 bits per heavy atom. The number of pyridine rings is 1. The van der Waals surface area contributed by atoms with Gasteiger partial charge in [0.1, 0.15) is 5.76 Å². The van der Waals surface area contributed by atoms with Crippen LogP contribution in [0.25, 0.3) is 10.9 Å². The van der Waals surface area contributed by atoms with E-state index in [2.05, 4.69) is 10.3 Å². The topological polar surface area (TPSA) is 79.7 Å². The number of anilines is 1. The van der Waals surface area contributed by atoms with Crippen LogP contribution in [-0.2, 0) is 13.1 Å². The largest absolute Gasteiger partial charge is 0.467 e. The summed E-state index contributed by atoms with van der Waals surface area (Å²) in [5.41, 5.74) is 1.79. The maximum atomic E-state index is 12.8. The van der Waals surface area contributed by atoms with Gasteiger partial charge in [0.15, 0.2) is 16.6 Å². The smallest absolute Gasteiger partial charge is 0.253 e. The third-order valence-electron chi connectivity index (χ3n) is 5.07. The maximum absolute atomic E-state index is 12.8. The van der Waals surface area contributed by atoms with E-state index in [1.165, 1.54) is 0 Å². The van der Waals surface area contributed by atoms with Gasteiger partial charge in [-0.3, -0.25) is 4.79 Å². The molecule has 162 valence electrons. The molecule has 32 heavy (non-hydrogen) atoms. The first-order valence-electron chi connectivity index (χ1n) is 9.84. The van der Waals surface area contributed by atoms with E-state index < -0.39 is 0 Å². The zero-order valence-corrected chi connectivity index (χ0v) is 18.3. The third kappa shape index (κ3) is 4.28. The van der Waals surface area contributed by atoms with Gasteiger partial charge in [0, 0.05) is 27.7 Å². The number of fused-ring (bicyclic) bond motifs is 2. The van der Waals surface area contributed by atoms with Crippen molar-refractivity contribution in [2.45, 2.75) is 13.1 Å². The zero-order chi connectivity index (χ0) is 22.1. The van der Waals surface area contributed by atoms with Crippen LogP contribution in [0, 0.1) is 0 Å². The number of halogens is 1. The molecule has 0 spiro atoms. The van der Waals surface area contributed by atoms with Crippen LogP contribution in [0.3, 0.4) is 0 Å². The fourth-order valence-electron chi connectivity index (χ4n) is 3.52. The summed E-state index contributed by atoms with van der Waals surface area (Å²) in [6.07, 6.45) is 1.60. The van der Waals surface area contributed by atoms with Crippen LogP contribution < -0.4 is 20.3 Å². The van der Waals surface area contributed by atoms with Crippen molar-refractivity contribution in [1.82, 2.24) is 9.88 Å². The van der Waals surface area contributed by atoms with Gasteiger partial charge in [0.25, 0.3) is 5.56 Å². The number of aromatic amines is 1. The number of ether oxygens (including phenoxy) is 2. The van der Waals surface area contributed by atoms with Crippen molar-refractivity contribution >= 4 is 45.5 Å². The van der Waals surface area contributed by atoms with Crippen LogP contribution in [0.1, 0.15) is 11.3 Å². The van der Waals surface area contributed by atoms with Gasteiger partial charge in [-0.2, -0.15) is 0 Å². The Kier molecular flexibility index (Phi) is 5.46. The van der Waals surface area contributed by atoms with Crippen molar-refractivity contribution in [2.75, 3.05) is 12.1 Å². The second kappa shape index (κ2) is 8.57. The lowest BCUT2D eigenvalue weighted by Gasteiger charge is -2.25. The third-order valence-corrected chi connectivity index (χ3v) is 5.66. The van der Waals surface area contributed by atoms with Gasteiger partial charge < -0.3 is 29.1 Å². The first kappa shape index (κ1) is 20.4. The molecule has 0 amide bonds. The molecular formula is C23H18ClN3O4S. The SMILES string of the molecule is O=c1[nH]c2cc3c(cc2cc1CN(Cc1ccco1)C(=S)Nc1cccc(Cl)c1)OCO3. The minimum absolute atomic E-state index is 0.170. The summed E-state index contributed by atoms with van der Waals surface area (Å²) in [6.45, 7) is 0.827. The van der Waals surface area contributed by atoms with E-state index >= 15 is 0 Å². The molecule has 2 N–H and O–H groups in total. The molecule has 0 saturated heterocycles. The Hall–Kier alpha value is -3.49. The molecule has 9 heteroatoms. The summed E-state index contributed by atoms with van der Waals surface area (Å²) in [4.78, 5) is 17.6. The highest BCUT2D eigenvalue weighted by Crippen LogP contribution is 2.35. The molecule has 0 fully saturated rings. The Labute approximate surface area is 193 Å². The van der Waals surface area contributed by atoms with Crippen molar-refractivity contribution in [3.63, 3.8) is 0 Å². The molecule has 0 unspecified atom stereocenters. The summed E-state index contributed by atoms with van der Waals surface area (Å²) in [6, 6.07) is 16.4. The van der Waals surface area contributed by atoms with Crippen LogP contribution in [0.15, 0.2) is 70.1 Å². The van der Waals surface area contributed by atoms with Crippen molar-refractivity contribution in [1.29, 1.82) is 0 Å². The van der Waals surface area contributed by atoms with E-state index in [-0.39, 0.29) is 18.9 Å². The van der Waals surface area contributed by atoms with E-state index in [4.69, 9.17) is 37.7 Å². The molecule has 2 aromatic carbocycles. The first-order valence-corrected chi connectivity index (χ1v) is 10.6. The highest BCUT2D eigenvalue weighted by Gasteiger charge is 2.18. The van der Waals surface area contributed by atoms with Crippen LogP contribution in [0.4, 0.5) is 5.69 Å².